The normalized spacial score (nSPS) is 22.3. The van der Waals surface area contributed by atoms with Crippen LogP contribution in [0.3, 0.4) is 0 Å². The molecule has 1 aliphatic heterocycles. The number of rotatable bonds is 6. The lowest BCUT2D eigenvalue weighted by molar-refractivity contribution is 0.320. The molecule has 0 aromatic carbocycles. The van der Waals surface area contributed by atoms with Gasteiger partial charge in [-0.3, -0.25) is 0 Å². The Labute approximate surface area is 110 Å². The van der Waals surface area contributed by atoms with Crippen LogP contribution in [0.4, 0.5) is 0 Å². The maximum Gasteiger partial charge on any atom is 0.230 e. The summed E-state index contributed by atoms with van der Waals surface area (Å²) < 4.78 is 26.3. The van der Waals surface area contributed by atoms with Gasteiger partial charge in [0.05, 0.1) is 6.07 Å². The highest BCUT2D eigenvalue weighted by molar-refractivity contribution is 7.90. The van der Waals surface area contributed by atoms with Gasteiger partial charge in [0, 0.05) is 18.6 Å². The second-order valence-electron chi connectivity index (χ2n) is 5.03. The summed E-state index contributed by atoms with van der Waals surface area (Å²) in [7, 11) is -3.52. The van der Waals surface area contributed by atoms with E-state index in [0.29, 0.717) is 13.0 Å². The van der Waals surface area contributed by atoms with Crippen molar-refractivity contribution in [1.82, 2.24) is 9.62 Å². The molecular formula is C12H23N3O2S. The zero-order chi connectivity index (χ0) is 13.8. The molecule has 6 heteroatoms. The van der Waals surface area contributed by atoms with Crippen molar-refractivity contribution in [2.24, 2.45) is 0 Å². The van der Waals surface area contributed by atoms with Gasteiger partial charge in [-0.05, 0) is 39.7 Å². The summed E-state index contributed by atoms with van der Waals surface area (Å²) in [4.78, 5) is 0. The van der Waals surface area contributed by atoms with Gasteiger partial charge in [0.1, 0.15) is 0 Å². The fraction of sp³-hybridized carbons (Fsp3) is 0.917. The minimum atomic E-state index is -3.52. The number of nitrogens with zero attached hydrogens (tertiary/aromatic N) is 2. The highest BCUT2D eigenvalue weighted by atomic mass is 32.2. The van der Waals surface area contributed by atoms with E-state index in [0.717, 1.165) is 19.4 Å². The Morgan fingerprint density at radius 2 is 2.17 bits per heavy atom. The molecule has 0 radical (unpaired) electrons. The van der Waals surface area contributed by atoms with Gasteiger partial charge in [-0.15, -0.1) is 0 Å². The van der Waals surface area contributed by atoms with E-state index in [1.54, 1.807) is 6.92 Å². The molecule has 0 bridgehead atoms. The lowest BCUT2D eigenvalue weighted by Crippen LogP contribution is -2.47. The average molecular weight is 273 g/mol. The van der Waals surface area contributed by atoms with Crippen molar-refractivity contribution in [3.63, 3.8) is 0 Å². The first-order chi connectivity index (χ1) is 8.43. The Hall–Kier alpha value is -0.640. The van der Waals surface area contributed by atoms with Crippen molar-refractivity contribution in [3.05, 3.63) is 0 Å². The summed E-state index contributed by atoms with van der Waals surface area (Å²) in [6.45, 7) is 6.87. The zero-order valence-corrected chi connectivity index (χ0v) is 12.2. The van der Waals surface area contributed by atoms with E-state index in [9.17, 15) is 8.42 Å². The third-order valence-corrected chi connectivity index (χ3v) is 5.72. The van der Waals surface area contributed by atoms with Crippen LogP contribution >= 0.6 is 0 Å². The maximum atomic E-state index is 12.4. The van der Waals surface area contributed by atoms with Crippen molar-refractivity contribution in [2.75, 3.05) is 13.1 Å². The predicted octanol–water partition coefficient (Wildman–Crippen LogP) is 1.08. The highest BCUT2D eigenvalue weighted by Gasteiger charge is 2.34. The third-order valence-electron chi connectivity index (χ3n) is 3.34. The smallest absolute Gasteiger partial charge is 0.230 e. The van der Waals surface area contributed by atoms with E-state index in [-0.39, 0.29) is 12.1 Å². The van der Waals surface area contributed by atoms with Crippen molar-refractivity contribution >= 4 is 10.0 Å². The van der Waals surface area contributed by atoms with Gasteiger partial charge < -0.3 is 5.32 Å². The molecule has 1 aliphatic rings. The largest absolute Gasteiger partial charge is 0.313 e. The Morgan fingerprint density at radius 1 is 1.50 bits per heavy atom. The first-order valence-corrected chi connectivity index (χ1v) is 8.07. The molecule has 2 atom stereocenters. The SMILES string of the molecule is CCC(C#N)S(=O)(=O)N(CC1CCCN1)C(C)C. The van der Waals surface area contributed by atoms with E-state index >= 15 is 0 Å². The van der Waals surface area contributed by atoms with Gasteiger partial charge in [-0.25, -0.2) is 8.42 Å². The van der Waals surface area contributed by atoms with Crippen LogP contribution in [0.1, 0.15) is 40.0 Å². The van der Waals surface area contributed by atoms with E-state index in [2.05, 4.69) is 5.32 Å². The number of hydrogen-bond donors (Lipinski definition) is 1. The van der Waals surface area contributed by atoms with Crippen molar-refractivity contribution in [1.29, 1.82) is 5.26 Å². The average Bonchev–Trinajstić information content (AvgIpc) is 2.79. The summed E-state index contributed by atoms with van der Waals surface area (Å²) in [6, 6.07) is 2.01. The second-order valence-corrected chi connectivity index (χ2v) is 7.10. The molecule has 2 unspecified atom stereocenters. The number of hydrogen-bond acceptors (Lipinski definition) is 4. The molecule has 5 nitrogen and oxygen atoms in total. The number of sulfonamides is 1. The van der Waals surface area contributed by atoms with Gasteiger partial charge in [-0.2, -0.15) is 9.57 Å². The minimum Gasteiger partial charge on any atom is -0.313 e. The van der Waals surface area contributed by atoms with Gasteiger partial charge >= 0.3 is 0 Å². The Bertz CT molecular complexity index is 394. The molecule has 18 heavy (non-hydrogen) atoms. The van der Waals surface area contributed by atoms with Crippen LogP contribution in [0.2, 0.25) is 0 Å². The first-order valence-electron chi connectivity index (χ1n) is 6.57. The van der Waals surface area contributed by atoms with Gasteiger partial charge in [-0.1, -0.05) is 6.92 Å². The predicted molar refractivity (Wildman–Crippen MR) is 71.5 cm³/mol. The van der Waals surface area contributed by atoms with Gasteiger partial charge in [0.2, 0.25) is 10.0 Å². The first kappa shape index (κ1) is 15.4. The molecule has 0 aromatic heterocycles. The Morgan fingerprint density at radius 3 is 2.56 bits per heavy atom. The van der Waals surface area contributed by atoms with Crippen molar-refractivity contribution in [3.8, 4) is 6.07 Å². The molecular weight excluding hydrogens is 250 g/mol. The quantitative estimate of drug-likeness (QED) is 0.786. The van der Waals surface area contributed by atoms with Crippen molar-refractivity contribution < 1.29 is 8.42 Å². The Kier molecular flexibility index (Phi) is 5.57. The van der Waals surface area contributed by atoms with Crippen LogP contribution < -0.4 is 5.32 Å². The molecule has 1 N–H and O–H groups in total. The molecule has 0 aliphatic carbocycles. The van der Waals surface area contributed by atoms with Crippen LogP contribution in [0.25, 0.3) is 0 Å². The summed E-state index contributed by atoms with van der Waals surface area (Å²) in [5.41, 5.74) is 0. The van der Waals surface area contributed by atoms with Crippen molar-refractivity contribution in [2.45, 2.75) is 57.4 Å². The molecule has 1 fully saturated rings. The van der Waals surface area contributed by atoms with E-state index in [1.807, 2.05) is 19.9 Å². The minimum absolute atomic E-state index is 0.111. The van der Waals surface area contributed by atoms with E-state index in [4.69, 9.17) is 5.26 Å². The molecule has 0 spiro atoms. The van der Waals surface area contributed by atoms with Crippen LogP contribution in [-0.4, -0.2) is 43.1 Å². The third kappa shape index (κ3) is 3.44. The summed E-state index contributed by atoms with van der Waals surface area (Å²) >= 11 is 0. The summed E-state index contributed by atoms with van der Waals surface area (Å²) in [6.07, 6.45) is 2.42. The van der Waals surface area contributed by atoms with Gasteiger partial charge in [0.15, 0.2) is 5.25 Å². The highest BCUT2D eigenvalue weighted by Crippen LogP contribution is 2.18. The fourth-order valence-electron chi connectivity index (χ4n) is 2.27. The topological polar surface area (TPSA) is 73.2 Å². The molecule has 0 amide bonds. The fourth-order valence-corrected chi connectivity index (χ4v) is 4.13. The van der Waals surface area contributed by atoms with Crippen LogP contribution in [0, 0.1) is 11.3 Å². The van der Waals surface area contributed by atoms with E-state index < -0.39 is 15.3 Å². The maximum absolute atomic E-state index is 12.4. The summed E-state index contributed by atoms with van der Waals surface area (Å²) in [5.74, 6) is 0. The summed E-state index contributed by atoms with van der Waals surface area (Å²) in [5, 5.41) is 11.4. The number of nitrogens with one attached hydrogen (secondary N) is 1. The second kappa shape index (κ2) is 6.50. The number of nitriles is 1. The molecule has 0 saturated carbocycles. The molecule has 104 valence electrons. The molecule has 1 heterocycles. The standard InChI is InChI=1S/C12H23N3O2S/c1-4-12(8-13)18(16,17)15(10(2)3)9-11-6-5-7-14-11/h10-12,14H,4-7,9H2,1-3H3. The molecule has 1 rings (SSSR count). The molecule has 1 saturated heterocycles. The van der Waals surface area contributed by atoms with Crippen LogP contribution in [0.5, 0.6) is 0 Å². The molecule has 0 aromatic rings. The lowest BCUT2D eigenvalue weighted by atomic mass is 10.2. The monoisotopic (exact) mass is 273 g/mol. The van der Waals surface area contributed by atoms with E-state index in [1.165, 1.54) is 4.31 Å². The van der Waals surface area contributed by atoms with Gasteiger partial charge in [0.25, 0.3) is 0 Å². The van der Waals surface area contributed by atoms with Crippen LogP contribution in [-0.2, 0) is 10.0 Å². The Balaban J connectivity index is 2.86. The van der Waals surface area contributed by atoms with Crippen LogP contribution in [0.15, 0.2) is 0 Å². The zero-order valence-electron chi connectivity index (χ0n) is 11.4. The lowest BCUT2D eigenvalue weighted by Gasteiger charge is -2.30.